The molecular formula is C13H16N2O2. The van der Waals surface area contributed by atoms with Gasteiger partial charge in [-0.2, -0.15) is 5.26 Å². The summed E-state index contributed by atoms with van der Waals surface area (Å²) in [6.45, 7) is 2.66. The number of hydrogen-bond donors (Lipinski definition) is 1. The summed E-state index contributed by atoms with van der Waals surface area (Å²) in [6, 6.07) is 9.14. The van der Waals surface area contributed by atoms with Crippen molar-refractivity contribution in [3.63, 3.8) is 0 Å². The Bertz CT molecular complexity index is 424. The number of hydrogen-bond acceptors (Lipinski definition) is 3. The molecule has 1 rings (SSSR count). The lowest BCUT2D eigenvalue weighted by Gasteiger charge is -2.20. The Labute approximate surface area is 101 Å². The standard InChI is InChI=1S/C13H16N2O2/c1-2-15(9-10-16)13(17)12-6-4-3-5-11(12)7-8-14/h3-6,16H,2,7,9-10H2,1H3. The van der Waals surface area contributed by atoms with Crippen molar-refractivity contribution in [1.29, 1.82) is 5.26 Å². The average molecular weight is 232 g/mol. The van der Waals surface area contributed by atoms with Gasteiger partial charge in [-0.05, 0) is 18.6 Å². The van der Waals surface area contributed by atoms with E-state index < -0.39 is 0 Å². The van der Waals surface area contributed by atoms with E-state index in [-0.39, 0.29) is 18.9 Å². The summed E-state index contributed by atoms with van der Waals surface area (Å²) in [7, 11) is 0. The first-order chi connectivity index (χ1) is 8.24. The first-order valence-electron chi connectivity index (χ1n) is 5.59. The van der Waals surface area contributed by atoms with Crippen molar-refractivity contribution in [3.05, 3.63) is 35.4 Å². The van der Waals surface area contributed by atoms with Gasteiger partial charge >= 0.3 is 0 Å². The number of likely N-dealkylation sites (N-methyl/N-ethyl adjacent to an activating group) is 1. The predicted molar refractivity (Wildman–Crippen MR) is 64.4 cm³/mol. The average Bonchev–Trinajstić information content (AvgIpc) is 2.36. The van der Waals surface area contributed by atoms with Gasteiger partial charge in [-0.1, -0.05) is 18.2 Å². The summed E-state index contributed by atoms with van der Waals surface area (Å²) in [4.78, 5) is 13.7. The van der Waals surface area contributed by atoms with E-state index in [1.807, 2.05) is 19.1 Å². The van der Waals surface area contributed by atoms with Crippen LogP contribution >= 0.6 is 0 Å². The van der Waals surface area contributed by atoms with Crippen molar-refractivity contribution in [2.24, 2.45) is 0 Å². The summed E-state index contributed by atoms with van der Waals surface area (Å²) in [6.07, 6.45) is 0.221. The number of rotatable bonds is 5. The second-order valence-electron chi connectivity index (χ2n) is 3.60. The monoisotopic (exact) mass is 232 g/mol. The van der Waals surface area contributed by atoms with Crippen LogP contribution in [0.15, 0.2) is 24.3 Å². The van der Waals surface area contributed by atoms with Gasteiger partial charge in [-0.3, -0.25) is 4.79 Å². The highest BCUT2D eigenvalue weighted by Crippen LogP contribution is 2.12. The molecule has 0 saturated heterocycles. The molecule has 0 heterocycles. The van der Waals surface area contributed by atoms with Crippen molar-refractivity contribution < 1.29 is 9.90 Å². The second kappa shape index (κ2) is 6.66. The van der Waals surface area contributed by atoms with Crippen molar-refractivity contribution in [3.8, 4) is 6.07 Å². The third-order valence-corrected chi connectivity index (χ3v) is 2.56. The van der Waals surface area contributed by atoms with Gasteiger partial charge in [-0.25, -0.2) is 0 Å². The minimum atomic E-state index is -0.132. The summed E-state index contributed by atoms with van der Waals surface area (Å²) >= 11 is 0. The third-order valence-electron chi connectivity index (χ3n) is 2.56. The zero-order chi connectivity index (χ0) is 12.7. The van der Waals surface area contributed by atoms with Crippen molar-refractivity contribution in [1.82, 2.24) is 4.90 Å². The molecule has 90 valence electrons. The molecule has 17 heavy (non-hydrogen) atoms. The fourth-order valence-corrected chi connectivity index (χ4v) is 1.66. The fraction of sp³-hybridized carbons (Fsp3) is 0.385. The van der Waals surface area contributed by atoms with E-state index in [0.29, 0.717) is 18.7 Å². The van der Waals surface area contributed by atoms with Gasteiger partial charge in [0.2, 0.25) is 0 Å². The molecule has 1 N–H and O–H groups in total. The topological polar surface area (TPSA) is 64.3 Å². The highest BCUT2D eigenvalue weighted by molar-refractivity contribution is 5.95. The molecule has 0 spiro atoms. The van der Waals surface area contributed by atoms with Crippen molar-refractivity contribution in [2.75, 3.05) is 19.7 Å². The van der Waals surface area contributed by atoms with Crippen LogP contribution in [0, 0.1) is 11.3 Å². The SMILES string of the molecule is CCN(CCO)C(=O)c1ccccc1CC#N. The van der Waals surface area contributed by atoms with Crippen LogP contribution < -0.4 is 0 Å². The molecule has 0 radical (unpaired) electrons. The lowest BCUT2D eigenvalue weighted by molar-refractivity contribution is 0.0731. The Morgan fingerprint density at radius 1 is 1.47 bits per heavy atom. The number of aliphatic hydroxyl groups is 1. The maximum atomic E-state index is 12.2. The Morgan fingerprint density at radius 3 is 2.76 bits per heavy atom. The second-order valence-corrected chi connectivity index (χ2v) is 3.60. The number of amides is 1. The Kier molecular flexibility index (Phi) is 5.18. The summed E-state index contributed by atoms with van der Waals surface area (Å²) in [5.41, 5.74) is 1.28. The van der Waals surface area contributed by atoms with Gasteiger partial charge in [0.05, 0.1) is 19.1 Å². The molecule has 1 aromatic carbocycles. The van der Waals surface area contributed by atoms with E-state index in [2.05, 4.69) is 0 Å². The van der Waals surface area contributed by atoms with Crippen molar-refractivity contribution >= 4 is 5.91 Å². The van der Waals surface area contributed by atoms with Gasteiger partial charge in [0.15, 0.2) is 0 Å². The highest BCUT2D eigenvalue weighted by Gasteiger charge is 2.16. The van der Waals surface area contributed by atoms with E-state index in [4.69, 9.17) is 10.4 Å². The van der Waals surface area contributed by atoms with Crippen LogP contribution in [-0.2, 0) is 6.42 Å². The maximum Gasteiger partial charge on any atom is 0.254 e. The Balaban J connectivity index is 2.98. The summed E-state index contributed by atoms with van der Waals surface area (Å²) in [5, 5.41) is 17.6. The molecule has 0 bridgehead atoms. The summed E-state index contributed by atoms with van der Waals surface area (Å²) < 4.78 is 0. The van der Waals surface area contributed by atoms with Crippen LogP contribution in [0.2, 0.25) is 0 Å². The molecule has 1 amide bonds. The smallest absolute Gasteiger partial charge is 0.254 e. The first kappa shape index (κ1) is 13.2. The molecule has 1 aromatic rings. The Morgan fingerprint density at radius 2 is 2.18 bits per heavy atom. The quantitative estimate of drug-likeness (QED) is 0.829. The van der Waals surface area contributed by atoms with E-state index in [0.717, 1.165) is 5.56 Å². The molecule has 0 atom stereocenters. The number of benzene rings is 1. The molecular weight excluding hydrogens is 216 g/mol. The van der Waals surface area contributed by atoms with E-state index >= 15 is 0 Å². The number of nitriles is 1. The van der Waals surface area contributed by atoms with Crippen molar-refractivity contribution in [2.45, 2.75) is 13.3 Å². The highest BCUT2D eigenvalue weighted by atomic mass is 16.3. The fourth-order valence-electron chi connectivity index (χ4n) is 1.66. The molecule has 0 aromatic heterocycles. The van der Waals surface area contributed by atoms with Crippen LogP contribution in [0.25, 0.3) is 0 Å². The normalized spacial score (nSPS) is 9.71. The zero-order valence-electron chi connectivity index (χ0n) is 9.89. The molecule has 4 heteroatoms. The van der Waals surface area contributed by atoms with Crippen LogP contribution in [0.5, 0.6) is 0 Å². The predicted octanol–water partition coefficient (Wildman–Crippen LogP) is 1.21. The lowest BCUT2D eigenvalue weighted by Crippen LogP contribution is -2.33. The van der Waals surface area contributed by atoms with Crippen LogP contribution in [0.3, 0.4) is 0 Å². The largest absolute Gasteiger partial charge is 0.395 e. The van der Waals surface area contributed by atoms with Crippen LogP contribution in [0.4, 0.5) is 0 Å². The van der Waals surface area contributed by atoms with Crippen LogP contribution in [0.1, 0.15) is 22.8 Å². The van der Waals surface area contributed by atoms with E-state index in [1.54, 1.807) is 23.1 Å². The van der Waals surface area contributed by atoms with E-state index in [9.17, 15) is 4.79 Å². The number of aliphatic hydroxyl groups excluding tert-OH is 1. The molecule has 0 saturated carbocycles. The van der Waals surface area contributed by atoms with E-state index in [1.165, 1.54) is 0 Å². The number of carbonyl (C=O) groups excluding carboxylic acids is 1. The zero-order valence-corrected chi connectivity index (χ0v) is 9.89. The van der Waals surface area contributed by atoms with Gasteiger partial charge in [-0.15, -0.1) is 0 Å². The molecule has 0 fully saturated rings. The number of carbonyl (C=O) groups is 1. The lowest BCUT2D eigenvalue weighted by atomic mass is 10.0. The minimum Gasteiger partial charge on any atom is -0.395 e. The first-order valence-corrected chi connectivity index (χ1v) is 5.59. The molecule has 0 aliphatic rings. The molecule has 0 aliphatic heterocycles. The maximum absolute atomic E-state index is 12.2. The minimum absolute atomic E-state index is 0.0556. The van der Waals surface area contributed by atoms with Gasteiger partial charge < -0.3 is 10.0 Å². The number of nitrogens with zero attached hydrogens (tertiary/aromatic N) is 2. The van der Waals surface area contributed by atoms with Crippen LogP contribution in [-0.4, -0.2) is 35.6 Å². The molecule has 0 unspecified atom stereocenters. The Hall–Kier alpha value is -1.86. The molecule has 0 aliphatic carbocycles. The summed E-state index contributed by atoms with van der Waals surface area (Å²) in [5.74, 6) is -0.132. The molecule has 4 nitrogen and oxygen atoms in total. The van der Waals surface area contributed by atoms with Gasteiger partial charge in [0.1, 0.15) is 0 Å². The van der Waals surface area contributed by atoms with Gasteiger partial charge in [0, 0.05) is 18.7 Å². The van der Waals surface area contributed by atoms with Gasteiger partial charge in [0.25, 0.3) is 5.91 Å². The third kappa shape index (κ3) is 3.30.